The van der Waals surface area contributed by atoms with Crippen LogP contribution in [0.5, 0.6) is 0 Å². The molecule has 1 atom stereocenters. The topological polar surface area (TPSA) is 59.0 Å². The molecule has 1 amide bonds. The second kappa shape index (κ2) is 4.63. The lowest BCUT2D eigenvalue weighted by atomic mass is 10.2. The molecule has 0 saturated carbocycles. The molecule has 5 nitrogen and oxygen atoms in total. The van der Waals surface area contributed by atoms with Gasteiger partial charge >= 0.3 is 6.09 Å². The van der Waals surface area contributed by atoms with Crippen LogP contribution in [-0.2, 0) is 9.57 Å². The number of rotatable bonds is 1. The van der Waals surface area contributed by atoms with E-state index in [9.17, 15) is 4.79 Å². The van der Waals surface area contributed by atoms with Crippen LogP contribution in [0.1, 0.15) is 20.8 Å². The van der Waals surface area contributed by atoms with Crippen molar-refractivity contribution in [1.82, 2.24) is 5.06 Å². The van der Waals surface area contributed by atoms with Gasteiger partial charge in [-0.25, -0.2) is 4.79 Å². The van der Waals surface area contributed by atoms with Gasteiger partial charge in [0.15, 0.2) is 0 Å². The van der Waals surface area contributed by atoms with Gasteiger partial charge in [-0.15, -0.1) is 0 Å². The summed E-state index contributed by atoms with van der Waals surface area (Å²) in [6, 6.07) is -0.464. The van der Waals surface area contributed by atoms with Crippen LogP contribution in [0.4, 0.5) is 4.79 Å². The highest BCUT2D eigenvalue weighted by atomic mass is 16.7. The number of hydroxylamine groups is 2. The highest BCUT2D eigenvalue weighted by Crippen LogP contribution is 2.15. The normalized spacial score (nSPS) is 21.6. The minimum Gasteiger partial charge on any atom is -0.442 e. The fourth-order valence-electron chi connectivity index (χ4n) is 1.14. The number of hydrogen-bond acceptors (Lipinski definition) is 4. The predicted molar refractivity (Wildman–Crippen MR) is 54.0 cm³/mol. The number of nitrogens with zero attached hydrogens (tertiary/aromatic N) is 1. The van der Waals surface area contributed by atoms with Gasteiger partial charge in [0, 0.05) is 0 Å². The Kier molecular flexibility index (Phi) is 3.71. The number of carbonyl (C=O) groups excluding carboxylic acids is 1. The predicted octanol–water partition coefficient (Wildman–Crippen LogP) is 1.09. The lowest BCUT2D eigenvalue weighted by molar-refractivity contribution is -0.165. The summed E-state index contributed by atoms with van der Waals surface area (Å²) in [7, 11) is 0. The van der Waals surface area contributed by atoms with E-state index in [-0.39, 0.29) is 6.61 Å². The molecule has 0 bridgehead atoms. The molecule has 0 radical (unpaired) electrons. The Bertz CT molecular complexity index is 257. The Morgan fingerprint density at radius 3 is 2.87 bits per heavy atom. The Balaban J connectivity index is 2.62. The molecule has 15 heavy (non-hydrogen) atoms. The van der Waals surface area contributed by atoms with Gasteiger partial charge in [0.2, 0.25) is 0 Å². The van der Waals surface area contributed by atoms with Crippen LogP contribution in [0.3, 0.4) is 0 Å². The summed E-state index contributed by atoms with van der Waals surface area (Å²) in [6.07, 6.45) is 2.89. The second-order valence-electron chi connectivity index (χ2n) is 4.28. The summed E-state index contributed by atoms with van der Waals surface area (Å²) in [5.74, 6) is 0. The standard InChI is InChI=1S/C10H17NO4/c1-10(2,3)15-9(13)11-8(7-12)5-4-6-14-11/h4-5,8,12H,6-7H2,1-3H3/t8-/m0/s1. The fourth-order valence-corrected chi connectivity index (χ4v) is 1.14. The average Bonchev–Trinajstić information content (AvgIpc) is 2.15. The maximum atomic E-state index is 11.6. The first-order chi connectivity index (χ1) is 6.94. The van der Waals surface area contributed by atoms with Crippen molar-refractivity contribution in [1.29, 1.82) is 0 Å². The minimum atomic E-state index is -0.578. The van der Waals surface area contributed by atoms with E-state index >= 15 is 0 Å². The maximum absolute atomic E-state index is 11.6. The first-order valence-corrected chi connectivity index (χ1v) is 4.86. The van der Waals surface area contributed by atoms with E-state index in [0.29, 0.717) is 6.61 Å². The van der Waals surface area contributed by atoms with Crippen molar-refractivity contribution in [3.05, 3.63) is 12.2 Å². The molecule has 0 aromatic heterocycles. The number of ether oxygens (including phenoxy) is 1. The molecule has 1 heterocycles. The van der Waals surface area contributed by atoms with Gasteiger partial charge < -0.3 is 9.84 Å². The van der Waals surface area contributed by atoms with Crippen molar-refractivity contribution in [3.8, 4) is 0 Å². The fraction of sp³-hybridized carbons (Fsp3) is 0.700. The molecule has 1 aliphatic rings. The lowest BCUT2D eigenvalue weighted by Crippen LogP contribution is -2.45. The van der Waals surface area contributed by atoms with Crippen LogP contribution < -0.4 is 0 Å². The molecular formula is C10H17NO4. The number of aliphatic hydroxyl groups excluding tert-OH is 1. The summed E-state index contributed by atoms with van der Waals surface area (Å²) in [5, 5.41) is 10.1. The van der Waals surface area contributed by atoms with E-state index in [1.165, 1.54) is 0 Å². The zero-order valence-electron chi connectivity index (χ0n) is 9.27. The van der Waals surface area contributed by atoms with Crippen molar-refractivity contribution < 1.29 is 19.5 Å². The molecule has 0 aliphatic carbocycles. The SMILES string of the molecule is CC(C)(C)OC(=O)N1OCC=C[C@H]1CO. The van der Waals surface area contributed by atoms with Crippen molar-refractivity contribution in [2.24, 2.45) is 0 Å². The van der Waals surface area contributed by atoms with E-state index in [0.717, 1.165) is 5.06 Å². The Morgan fingerprint density at radius 2 is 2.33 bits per heavy atom. The van der Waals surface area contributed by atoms with Gasteiger partial charge in [0.1, 0.15) is 11.6 Å². The first-order valence-electron chi connectivity index (χ1n) is 4.86. The van der Waals surface area contributed by atoms with E-state index in [2.05, 4.69) is 0 Å². The van der Waals surface area contributed by atoms with E-state index in [1.54, 1.807) is 32.9 Å². The number of aliphatic hydroxyl groups is 1. The molecule has 1 N–H and O–H groups in total. The van der Waals surface area contributed by atoms with Gasteiger partial charge in [-0.2, -0.15) is 5.06 Å². The maximum Gasteiger partial charge on any atom is 0.435 e. The van der Waals surface area contributed by atoms with Crippen LogP contribution in [0, 0.1) is 0 Å². The zero-order valence-corrected chi connectivity index (χ0v) is 9.27. The molecule has 0 aromatic rings. The molecule has 1 aliphatic heterocycles. The van der Waals surface area contributed by atoms with Crippen molar-refractivity contribution in [3.63, 3.8) is 0 Å². The largest absolute Gasteiger partial charge is 0.442 e. The monoisotopic (exact) mass is 215 g/mol. The van der Waals surface area contributed by atoms with Crippen LogP contribution in [0.25, 0.3) is 0 Å². The summed E-state index contributed by atoms with van der Waals surface area (Å²) in [6.45, 7) is 5.46. The molecule has 0 spiro atoms. The van der Waals surface area contributed by atoms with E-state index < -0.39 is 17.7 Å². The van der Waals surface area contributed by atoms with Gasteiger partial charge in [0.25, 0.3) is 0 Å². The van der Waals surface area contributed by atoms with Crippen molar-refractivity contribution in [2.45, 2.75) is 32.4 Å². The number of amides is 1. The number of hydrogen-bond donors (Lipinski definition) is 1. The van der Waals surface area contributed by atoms with Crippen LogP contribution in [0.2, 0.25) is 0 Å². The summed E-state index contributed by atoms with van der Waals surface area (Å²) in [5.41, 5.74) is -0.568. The lowest BCUT2D eigenvalue weighted by Gasteiger charge is -2.31. The van der Waals surface area contributed by atoms with E-state index in [4.69, 9.17) is 14.7 Å². The van der Waals surface area contributed by atoms with Crippen LogP contribution in [0.15, 0.2) is 12.2 Å². The molecule has 5 heteroatoms. The zero-order chi connectivity index (χ0) is 11.5. The Morgan fingerprint density at radius 1 is 1.67 bits per heavy atom. The highest BCUT2D eigenvalue weighted by molar-refractivity contribution is 5.67. The van der Waals surface area contributed by atoms with Crippen LogP contribution in [-0.4, -0.2) is 41.1 Å². The molecular weight excluding hydrogens is 198 g/mol. The molecule has 1 rings (SSSR count). The Labute approximate surface area is 89.2 Å². The Hall–Kier alpha value is -1.07. The molecule has 0 unspecified atom stereocenters. The van der Waals surface area contributed by atoms with Gasteiger partial charge in [-0.3, -0.25) is 4.84 Å². The second-order valence-corrected chi connectivity index (χ2v) is 4.28. The third kappa shape index (κ3) is 3.53. The van der Waals surface area contributed by atoms with Crippen molar-refractivity contribution >= 4 is 6.09 Å². The van der Waals surface area contributed by atoms with Gasteiger partial charge in [-0.1, -0.05) is 12.2 Å². The van der Waals surface area contributed by atoms with E-state index in [1.807, 2.05) is 0 Å². The molecule has 0 fully saturated rings. The molecule has 86 valence electrons. The minimum absolute atomic E-state index is 0.185. The molecule has 0 saturated heterocycles. The summed E-state index contributed by atoms with van der Waals surface area (Å²) < 4.78 is 5.13. The van der Waals surface area contributed by atoms with Gasteiger partial charge in [0.05, 0.1) is 13.2 Å². The number of carbonyl (C=O) groups is 1. The average molecular weight is 215 g/mol. The first kappa shape index (κ1) is 12.0. The quantitative estimate of drug-likeness (QED) is 0.665. The summed E-state index contributed by atoms with van der Waals surface area (Å²) in [4.78, 5) is 16.7. The van der Waals surface area contributed by atoms with Crippen LogP contribution >= 0.6 is 0 Å². The third-order valence-electron chi connectivity index (χ3n) is 1.73. The third-order valence-corrected chi connectivity index (χ3v) is 1.73. The summed E-state index contributed by atoms with van der Waals surface area (Å²) >= 11 is 0. The molecule has 0 aromatic carbocycles. The highest BCUT2D eigenvalue weighted by Gasteiger charge is 2.29. The smallest absolute Gasteiger partial charge is 0.435 e. The van der Waals surface area contributed by atoms with Gasteiger partial charge in [-0.05, 0) is 20.8 Å². The van der Waals surface area contributed by atoms with Crippen molar-refractivity contribution in [2.75, 3.05) is 13.2 Å².